The van der Waals surface area contributed by atoms with Gasteiger partial charge in [0.25, 0.3) is 0 Å². The molecule has 82 valence electrons. The number of rotatable bonds is 1. The van der Waals surface area contributed by atoms with Crippen LogP contribution >= 0.6 is 11.6 Å². The van der Waals surface area contributed by atoms with Gasteiger partial charge < -0.3 is 10.1 Å². The Morgan fingerprint density at radius 2 is 2.25 bits per heavy atom. The Morgan fingerprint density at radius 3 is 2.88 bits per heavy atom. The van der Waals surface area contributed by atoms with E-state index in [4.69, 9.17) is 16.7 Å². The van der Waals surface area contributed by atoms with E-state index >= 15 is 0 Å². The number of carboxylic acid groups (broad SMARTS) is 1. The third kappa shape index (κ3) is 1.53. The van der Waals surface area contributed by atoms with E-state index in [0.29, 0.717) is 0 Å². The Bertz CT molecular complexity index is 653. The zero-order chi connectivity index (χ0) is 11.9. The molecule has 2 heterocycles. The molecule has 0 saturated heterocycles. The third-order valence-corrected chi connectivity index (χ3v) is 2.27. The summed E-state index contributed by atoms with van der Waals surface area (Å²) in [6.45, 7) is 0. The van der Waals surface area contributed by atoms with Gasteiger partial charge in [0, 0.05) is 6.20 Å². The summed E-state index contributed by atoms with van der Waals surface area (Å²) in [7, 11) is 0. The van der Waals surface area contributed by atoms with Crippen LogP contribution in [-0.2, 0) is 0 Å². The van der Waals surface area contributed by atoms with Crippen LogP contribution in [0.25, 0.3) is 11.0 Å². The van der Waals surface area contributed by atoms with Gasteiger partial charge in [-0.15, -0.1) is 0 Å². The van der Waals surface area contributed by atoms with E-state index < -0.39 is 22.8 Å². The van der Waals surface area contributed by atoms with Gasteiger partial charge in [-0.25, -0.2) is 14.2 Å². The summed E-state index contributed by atoms with van der Waals surface area (Å²) in [6, 6.07) is 0.857. The van der Waals surface area contributed by atoms with Crippen molar-refractivity contribution in [3.05, 3.63) is 39.0 Å². The number of hydrogen-bond acceptors (Lipinski definition) is 3. The summed E-state index contributed by atoms with van der Waals surface area (Å²) in [5.74, 6) is -2.26. The number of carboxylic acids is 1. The van der Waals surface area contributed by atoms with Crippen molar-refractivity contribution in [1.29, 1.82) is 0 Å². The quantitative estimate of drug-likeness (QED) is 0.741. The normalized spacial score (nSPS) is 10.6. The number of carbonyl (C=O) groups is 1. The van der Waals surface area contributed by atoms with Gasteiger partial charge in [0.05, 0.1) is 5.39 Å². The highest BCUT2D eigenvalue weighted by Crippen LogP contribution is 2.15. The van der Waals surface area contributed by atoms with Gasteiger partial charge in [-0.2, -0.15) is 0 Å². The number of hydrogen-bond donors (Lipinski definition) is 2. The molecule has 2 aromatic heterocycles. The molecule has 0 aromatic carbocycles. The van der Waals surface area contributed by atoms with Gasteiger partial charge in [-0.1, -0.05) is 11.6 Å². The lowest BCUT2D eigenvalue weighted by molar-refractivity contribution is 0.0695. The standard InChI is InChI=1S/C9H4ClFN2O3/c10-7-5(11)1-3-6(14)4(9(15)16)2-12-8(3)13-7/h1-2H,(H,15,16)(H,12,13,14). The van der Waals surface area contributed by atoms with Crippen molar-refractivity contribution in [2.45, 2.75) is 0 Å². The Balaban J connectivity index is 2.90. The first kappa shape index (κ1) is 10.6. The fourth-order valence-electron chi connectivity index (χ4n) is 1.26. The van der Waals surface area contributed by atoms with Gasteiger partial charge in [0.2, 0.25) is 5.43 Å². The number of halogens is 2. The zero-order valence-corrected chi connectivity index (χ0v) is 8.38. The molecule has 0 atom stereocenters. The molecular weight excluding hydrogens is 239 g/mol. The monoisotopic (exact) mass is 242 g/mol. The maximum absolute atomic E-state index is 13.1. The summed E-state index contributed by atoms with van der Waals surface area (Å²) in [5, 5.41) is 8.15. The molecule has 2 N–H and O–H groups in total. The summed E-state index contributed by atoms with van der Waals surface area (Å²) < 4.78 is 13.1. The average Bonchev–Trinajstić information content (AvgIpc) is 2.21. The molecule has 0 saturated carbocycles. The number of H-pyrrole nitrogens is 1. The van der Waals surface area contributed by atoms with E-state index in [9.17, 15) is 14.0 Å². The van der Waals surface area contributed by atoms with Crippen LogP contribution in [0.4, 0.5) is 4.39 Å². The molecule has 0 spiro atoms. The Labute approximate surface area is 92.5 Å². The second kappa shape index (κ2) is 3.57. The lowest BCUT2D eigenvalue weighted by Gasteiger charge is -2.00. The van der Waals surface area contributed by atoms with Gasteiger partial charge in [0.1, 0.15) is 11.2 Å². The molecule has 0 aliphatic carbocycles. The molecule has 0 aliphatic rings. The van der Waals surface area contributed by atoms with E-state index in [1.807, 2.05) is 0 Å². The van der Waals surface area contributed by atoms with E-state index in [1.165, 1.54) is 0 Å². The molecule has 0 aliphatic heterocycles. The van der Waals surface area contributed by atoms with Gasteiger partial charge in [-0.05, 0) is 6.07 Å². The Kier molecular flexibility index (Phi) is 2.35. The van der Waals surface area contributed by atoms with Crippen molar-refractivity contribution < 1.29 is 14.3 Å². The van der Waals surface area contributed by atoms with Gasteiger partial charge in [-0.3, -0.25) is 4.79 Å². The Morgan fingerprint density at radius 1 is 1.56 bits per heavy atom. The van der Waals surface area contributed by atoms with Crippen molar-refractivity contribution in [3.8, 4) is 0 Å². The summed E-state index contributed by atoms with van der Waals surface area (Å²) in [6.07, 6.45) is 0.994. The first-order valence-corrected chi connectivity index (χ1v) is 4.49. The highest BCUT2D eigenvalue weighted by Gasteiger charge is 2.14. The predicted molar refractivity (Wildman–Crippen MR) is 54.3 cm³/mol. The van der Waals surface area contributed by atoms with Crippen LogP contribution in [0.3, 0.4) is 0 Å². The molecule has 0 bridgehead atoms. The minimum absolute atomic E-state index is 0.0430. The fraction of sp³-hybridized carbons (Fsp3) is 0. The van der Waals surface area contributed by atoms with E-state index in [1.54, 1.807) is 0 Å². The fourth-order valence-corrected chi connectivity index (χ4v) is 1.40. The molecule has 16 heavy (non-hydrogen) atoms. The van der Waals surface area contributed by atoms with E-state index in [2.05, 4.69) is 9.97 Å². The van der Waals surface area contributed by atoms with E-state index in [-0.39, 0.29) is 16.2 Å². The van der Waals surface area contributed by atoms with E-state index in [0.717, 1.165) is 12.3 Å². The van der Waals surface area contributed by atoms with Crippen LogP contribution in [0.15, 0.2) is 17.1 Å². The van der Waals surface area contributed by atoms with Crippen molar-refractivity contribution in [2.75, 3.05) is 0 Å². The first-order valence-electron chi connectivity index (χ1n) is 4.11. The number of nitrogens with one attached hydrogen (secondary N) is 1. The average molecular weight is 243 g/mol. The lowest BCUT2D eigenvalue weighted by Crippen LogP contribution is -2.16. The third-order valence-electron chi connectivity index (χ3n) is 2.01. The first-order chi connectivity index (χ1) is 7.50. The largest absolute Gasteiger partial charge is 0.477 e. The van der Waals surface area contributed by atoms with Crippen molar-refractivity contribution >= 4 is 28.6 Å². The molecule has 7 heteroatoms. The summed E-state index contributed by atoms with van der Waals surface area (Å²) in [4.78, 5) is 28.3. The summed E-state index contributed by atoms with van der Waals surface area (Å²) >= 11 is 5.42. The molecule has 2 rings (SSSR count). The van der Waals surface area contributed by atoms with Crippen molar-refractivity contribution in [1.82, 2.24) is 9.97 Å². The highest BCUT2D eigenvalue weighted by molar-refractivity contribution is 6.29. The van der Waals surface area contributed by atoms with Crippen LogP contribution in [0.5, 0.6) is 0 Å². The van der Waals surface area contributed by atoms with Crippen LogP contribution < -0.4 is 5.43 Å². The highest BCUT2D eigenvalue weighted by atomic mass is 35.5. The molecule has 0 amide bonds. The number of pyridine rings is 2. The van der Waals surface area contributed by atoms with Crippen LogP contribution in [0, 0.1) is 5.82 Å². The number of aromatic nitrogens is 2. The SMILES string of the molecule is O=C(O)c1c[nH]c2nc(Cl)c(F)cc2c1=O. The lowest BCUT2D eigenvalue weighted by atomic mass is 10.2. The minimum atomic E-state index is -1.39. The second-order valence-corrected chi connectivity index (χ2v) is 3.35. The predicted octanol–water partition coefficient (Wildman–Crippen LogP) is 1.41. The molecule has 0 unspecified atom stereocenters. The number of fused-ring (bicyclic) bond motifs is 1. The van der Waals surface area contributed by atoms with Gasteiger partial charge >= 0.3 is 5.97 Å². The molecule has 2 aromatic rings. The Hall–Kier alpha value is -1.95. The molecular formula is C9H4ClFN2O3. The number of nitrogens with zero attached hydrogens (tertiary/aromatic N) is 1. The molecule has 5 nitrogen and oxygen atoms in total. The molecule has 0 fully saturated rings. The van der Waals surface area contributed by atoms with Gasteiger partial charge in [0.15, 0.2) is 11.0 Å². The summed E-state index contributed by atoms with van der Waals surface area (Å²) in [5.41, 5.74) is -1.23. The topological polar surface area (TPSA) is 83.0 Å². The smallest absolute Gasteiger partial charge is 0.341 e. The maximum atomic E-state index is 13.1. The van der Waals surface area contributed by atoms with Crippen LogP contribution in [0.2, 0.25) is 5.15 Å². The minimum Gasteiger partial charge on any atom is -0.477 e. The number of aromatic carboxylic acids is 1. The van der Waals surface area contributed by atoms with Crippen LogP contribution in [-0.4, -0.2) is 21.0 Å². The second-order valence-electron chi connectivity index (χ2n) is 2.99. The van der Waals surface area contributed by atoms with Crippen molar-refractivity contribution in [2.24, 2.45) is 0 Å². The maximum Gasteiger partial charge on any atom is 0.341 e. The van der Waals surface area contributed by atoms with Crippen LogP contribution in [0.1, 0.15) is 10.4 Å². The van der Waals surface area contributed by atoms with Crippen molar-refractivity contribution in [3.63, 3.8) is 0 Å². The molecule has 0 radical (unpaired) electrons. The zero-order valence-electron chi connectivity index (χ0n) is 7.62. The number of aromatic amines is 1.